The molecular weight excluding hydrogens is 392 g/mol. The maximum absolute atomic E-state index is 12.8. The minimum Gasteiger partial charge on any atom is -0.545 e. The molecule has 2 aromatic rings. The van der Waals surface area contributed by atoms with Crippen molar-refractivity contribution >= 4 is 33.3 Å². The Balaban J connectivity index is 1.74. The highest BCUT2D eigenvalue weighted by molar-refractivity contribution is 7.89. The van der Waals surface area contributed by atoms with Crippen LogP contribution in [0.4, 0.5) is 5.69 Å². The Bertz CT molecular complexity index is 939. The number of anilines is 1. The van der Waals surface area contributed by atoms with Crippen LogP contribution in [0.2, 0.25) is 5.02 Å². The van der Waals surface area contributed by atoms with Gasteiger partial charge in [-0.15, -0.1) is 0 Å². The number of halogens is 1. The predicted octanol–water partition coefficient (Wildman–Crippen LogP) is 1.22. The van der Waals surface area contributed by atoms with E-state index >= 15 is 0 Å². The molecule has 7 nitrogen and oxygen atoms in total. The lowest BCUT2D eigenvalue weighted by atomic mass is 10.2. The molecule has 1 aliphatic rings. The summed E-state index contributed by atoms with van der Waals surface area (Å²) in [6.45, 7) is 1.62. The molecule has 9 heteroatoms. The molecule has 0 radical (unpaired) electrons. The normalized spacial score (nSPS) is 15.6. The first-order valence-electron chi connectivity index (χ1n) is 8.23. The second-order valence-corrected chi connectivity index (χ2v) is 8.36. The van der Waals surface area contributed by atoms with Crippen LogP contribution in [0, 0.1) is 0 Å². The fourth-order valence-electron chi connectivity index (χ4n) is 2.95. The molecule has 1 aliphatic heterocycles. The van der Waals surface area contributed by atoms with Gasteiger partial charge in [0.05, 0.1) is 18.0 Å². The number of carbonyl (C=O) groups excluding carboxylic acids is 1. The molecule has 0 aromatic heterocycles. The number of piperazine rings is 1. The fraction of sp³-hybridized carbons (Fsp3) is 0.278. The lowest BCUT2D eigenvalue weighted by Crippen LogP contribution is -2.48. The van der Waals surface area contributed by atoms with Crippen LogP contribution >= 0.6 is 11.6 Å². The summed E-state index contributed by atoms with van der Waals surface area (Å²) in [5, 5.41) is 11.0. The zero-order valence-corrected chi connectivity index (χ0v) is 16.2. The number of aromatic carboxylic acids is 1. The summed E-state index contributed by atoms with van der Waals surface area (Å²) in [5.41, 5.74) is 0.646. The smallest absolute Gasteiger partial charge is 0.243 e. The Morgan fingerprint density at radius 1 is 1.07 bits per heavy atom. The van der Waals surface area contributed by atoms with Crippen molar-refractivity contribution in [1.29, 1.82) is 0 Å². The van der Waals surface area contributed by atoms with Gasteiger partial charge in [-0.1, -0.05) is 11.6 Å². The van der Waals surface area contributed by atoms with Gasteiger partial charge in [0.25, 0.3) is 0 Å². The van der Waals surface area contributed by atoms with Gasteiger partial charge in [-0.3, -0.25) is 0 Å². The Kier molecular flexibility index (Phi) is 5.59. The number of benzene rings is 2. The van der Waals surface area contributed by atoms with Crippen LogP contribution in [0.25, 0.3) is 0 Å². The standard InChI is InChI=1S/C18H19ClN2O5S/c1-26-14-4-2-13(3-5-14)20-8-10-21(11-9-20)27(24,25)15-6-7-17(19)16(12-15)18(22)23/h2-7,12H,8-11H2,1H3,(H,22,23)/p-1. The number of methoxy groups -OCH3 is 1. The van der Waals surface area contributed by atoms with Crippen molar-refractivity contribution in [3.05, 3.63) is 53.1 Å². The Morgan fingerprint density at radius 2 is 1.70 bits per heavy atom. The van der Waals surface area contributed by atoms with Crippen molar-refractivity contribution in [2.24, 2.45) is 0 Å². The largest absolute Gasteiger partial charge is 0.545 e. The molecular formula is C18H18ClN2O5S-. The molecule has 0 spiro atoms. The van der Waals surface area contributed by atoms with Gasteiger partial charge < -0.3 is 19.5 Å². The molecule has 27 heavy (non-hydrogen) atoms. The van der Waals surface area contributed by atoms with Crippen LogP contribution in [0.3, 0.4) is 0 Å². The van der Waals surface area contributed by atoms with Crippen LogP contribution < -0.4 is 14.7 Å². The number of ether oxygens (including phenoxy) is 1. The SMILES string of the molecule is COc1ccc(N2CCN(S(=O)(=O)c3ccc(Cl)c(C(=O)[O-])c3)CC2)cc1. The summed E-state index contributed by atoms with van der Waals surface area (Å²) >= 11 is 5.79. The van der Waals surface area contributed by atoms with Crippen LogP contribution in [-0.2, 0) is 10.0 Å². The summed E-state index contributed by atoms with van der Waals surface area (Å²) in [5.74, 6) is -0.757. The Hall–Kier alpha value is -2.29. The summed E-state index contributed by atoms with van der Waals surface area (Å²) in [6.07, 6.45) is 0. The van der Waals surface area contributed by atoms with Crippen molar-refractivity contribution in [2.45, 2.75) is 4.90 Å². The second kappa shape index (κ2) is 7.75. The highest BCUT2D eigenvalue weighted by Crippen LogP contribution is 2.25. The Labute approximate surface area is 162 Å². The third kappa shape index (κ3) is 4.02. The van der Waals surface area contributed by atoms with Crippen LogP contribution in [-0.4, -0.2) is 52.0 Å². The van der Waals surface area contributed by atoms with Crippen LogP contribution in [0.5, 0.6) is 5.75 Å². The molecule has 3 rings (SSSR count). The van der Waals surface area contributed by atoms with E-state index in [9.17, 15) is 18.3 Å². The molecule has 2 aromatic carbocycles. The lowest BCUT2D eigenvalue weighted by Gasteiger charge is -2.35. The number of carbonyl (C=O) groups is 1. The predicted molar refractivity (Wildman–Crippen MR) is 99.7 cm³/mol. The second-order valence-electron chi connectivity index (χ2n) is 6.02. The topological polar surface area (TPSA) is 90.0 Å². The van der Waals surface area contributed by atoms with E-state index in [0.29, 0.717) is 13.1 Å². The van der Waals surface area contributed by atoms with Crippen molar-refractivity contribution in [3.63, 3.8) is 0 Å². The zero-order valence-electron chi connectivity index (χ0n) is 14.6. The average molecular weight is 410 g/mol. The molecule has 0 amide bonds. The van der Waals surface area contributed by atoms with Gasteiger partial charge in [0.1, 0.15) is 5.75 Å². The molecule has 0 saturated carbocycles. The number of sulfonamides is 1. The minimum atomic E-state index is -3.81. The third-order valence-electron chi connectivity index (χ3n) is 4.47. The molecule has 144 valence electrons. The number of carboxylic acid groups (broad SMARTS) is 1. The van der Waals surface area contributed by atoms with Crippen molar-refractivity contribution in [1.82, 2.24) is 4.31 Å². The van der Waals surface area contributed by atoms with Crippen LogP contribution in [0.1, 0.15) is 10.4 Å². The number of nitrogens with zero attached hydrogens (tertiary/aromatic N) is 2. The van der Waals surface area contributed by atoms with Crippen LogP contribution in [0.15, 0.2) is 47.4 Å². The zero-order chi connectivity index (χ0) is 19.6. The number of rotatable bonds is 5. The quantitative estimate of drug-likeness (QED) is 0.737. The summed E-state index contributed by atoms with van der Waals surface area (Å²) < 4.78 is 32.2. The molecule has 0 unspecified atom stereocenters. The summed E-state index contributed by atoms with van der Waals surface area (Å²) in [4.78, 5) is 13.1. The van der Waals surface area contributed by atoms with Gasteiger partial charge in [0, 0.05) is 42.5 Å². The van der Waals surface area contributed by atoms with Gasteiger partial charge in [-0.25, -0.2) is 8.42 Å². The first-order chi connectivity index (χ1) is 12.8. The van der Waals surface area contributed by atoms with E-state index in [1.54, 1.807) is 7.11 Å². The third-order valence-corrected chi connectivity index (χ3v) is 6.70. The number of hydrogen-bond acceptors (Lipinski definition) is 6. The molecule has 0 bridgehead atoms. The van der Waals surface area contributed by atoms with Crippen molar-refractivity contribution < 1.29 is 23.1 Å². The lowest BCUT2D eigenvalue weighted by molar-refractivity contribution is -0.255. The van der Waals surface area contributed by atoms with E-state index in [2.05, 4.69) is 4.90 Å². The first kappa shape index (κ1) is 19.5. The van der Waals surface area contributed by atoms with E-state index in [1.807, 2.05) is 24.3 Å². The van der Waals surface area contributed by atoms with E-state index in [-0.39, 0.29) is 28.6 Å². The number of hydrogen-bond donors (Lipinski definition) is 0. The Morgan fingerprint density at radius 3 is 2.26 bits per heavy atom. The van der Waals surface area contributed by atoms with Crippen molar-refractivity contribution in [2.75, 3.05) is 38.2 Å². The van der Waals surface area contributed by atoms with Gasteiger partial charge in [0.2, 0.25) is 10.0 Å². The minimum absolute atomic E-state index is 0.0572. The summed E-state index contributed by atoms with van der Waals surface area (Å²) in [7, 11) is -2.22. The van der Waals surface area contributed by atoms with E-state index in [1.165, 1.54) is 16.4 Å². The van der Waals surface area contributed by atoms with Crippen molar-refractivity contribution in [3.8, 4) is 5.75 Å². The monoisotopic (exact) mass is 409 g/mol. The summed E-state index contributed by atoms with van der Waals surface area (Å²) in [6, 6.07) is 11.2. The van der Waals surface area contributed by atoms with Gasteiger partial charge in [-0.2, -0.15) is 4.31 Å². The fourth-order valence-corrected chi connectivity index (χ4v) is 4.59. The molecule has 1 fully saturated rings. The van der Waals surface area contributed by atoms with Gasteiger partial charge in [0.15, 0.2) is 0 Å². The molecule has 0 N–H and O–H groups in total. The van der Waals surface area contributed by atoms with E-state index < -0.39 is 16.0 Å². The highest BCUT2D eigenvalue weighted by Gasteiger charge is 2.29. The average Bonchev–Trinajstić information content (AvgIpc) is 2.68. The molecule has 1 saturated heterocycles. The van der Waals surface area contributed by atoms with Gasteiger partial charge >= 0.3 is 0 Å². The number of carboxylic acids is 1. The molecule has 1 heterocycles. The van der Waals surface area contributed by atoms with Gasteiger partial charge in [-0.05, 0) is 42.5 Å². The molecule has 0 aliphatic carbocycles. The maximum Gasteiger partial charge on any atom is 0.243 e. The first-order valence-corrected chi connectivity index (χ1v) is 10.0. The highest BCUT2D eigenvalue weighted by atomic mass is 35.5. The molecule has 0 atom stereocenters. The van der Waals surface area contributed by atoms with E-state index in [0.717, 1.165) is 17.5 Å². The maximum atomic E-state index is 12.8. The van der Waals surface area contributed by atoms with E-state index in [4.69, 9.17) is 16.3 Å².